The lowest BCUT2D eigenvalue weighted by Crippen LogP contribution is -2.11. The summed E-state index contributed by atoms with van der Waals surface area (Å²) in [4.78, 5) is 0. The Hall–Kier alpha value is -0.740. The van der Waals surface area contributed by atoms with Gasteiger partial charge in [0, 0.05) is 5.02 Å². The number of alkyl halides is 3. The Balaban J connectivity index is 3.09. The summed E-state index contributed by atoms with van der Waals surface area (Å²) in [5.41, 5.74) is 5.33. The quantitative estimate of drug-likeness (QED) is 0.838. The lowest BCUT2D eigenvalue weighted by atomic mass is 10.00. The van der Waals surface area contributed by atoms with Gasteiger partial charge in [-0.2, -0.15) is 13.2 Å². The Morgan fingerprint density at radius 1 is 1.40 bits per heavy atom. The molecule has 2 N–H and O–H groups in total. The molecule has 1 atom stereocenters. The van der Waals surface area contributed by atoms with Crippen molar-refractivity contribution in [3.05, 3.63) is 34.3 Å². The molecule has 0 bridgehead atoms. The molecule has 0 fully saturated rings. The maximum Gasteiger partial charge on any atom is 0.416 e. The minimum Gasteiger partial charge on any atom is -0.330 e. The molecular weight excluding hydrogens is 227 g/mol. The molecule has 0 radical (unpaired) electrons. The highest BCUT2D eigenvalue weighted by molar-refractivity contribution is 6.31. The van der Waals surface area contributed by atoms with E-state index < -0.39 is 11.7 Å². The molecule has 0 aromatic heterocycles. The van der Waals surface area contributed by atoms with Crippen LogP contribution < -0.4 is 5.73 Å². The molecule has 0 spiro atoms. The molecule has 1 nitrogen and oxygen atoms in total. The molecule has 0 aliphatic carbocycles. The molecular formula is C10H11ClF3N. The third-order valence-corrected chi connectivity index (χ3v) is 2.54. The third kappa shape index (κ3) is 2.86. The first kappa shape index (κ1) is 12.3. The molecule has 0 saturated carbocycles. The molecule has 15 heavy (non-hydrogen) atoms. The van der Waals surface area contributed by atoms with E-state index in [4.69, 9.17) is 17.3 Å². The highest BCUT2D eigenvalue weighted by atomic mass is 35.5. The van der Waals surface area contributed by atoms with E-state index in [-0.39, 0.29) is 10.9 Å². The van der Waals surface area contributed by atoms with Crippen LogP contribution in [0.3, 0.4) is 0 Å². The van der Waals surface area contributed by atoms with E-state index in [1.807, 2.05) is 6.92 Å². The summed E-state index contributed by atoms with van der Waals surface area (Å²) in [7, 11) is 0. The zero-order chi connectivity index (χ0) is 11.6. The molecule has 1 aromatic carbocycles. The van der Waals surface area contributed by atoms with Crippen LogP contribution in [0.25, 0.3) is 0 Å². The van der Waals surface area contributed by atoms with Gasteiger partial charge < -0.3 is 5.73 Å². The average molecular weight is 238 g/mol. The fraction of sp³-hybridized carbons (Fsp3) is 0.400. The summed E-state index contributed by atoms with van der Waals surface area (Å²) < 4.78 is 36.9. The Bertz CT molecular complexity index is 349. The Morgan fingerprint density at radius 3 is 2.40 bits per heavy atom. The second-order valence-electron chi connectivity index (χ2n) is 3.37. The van der Waals surface area contributed by atoms with Crippen LogP contribution in [0.1, 0.15) is 24.0 Å². The Labute approximate surface area is 91.0 Å². The van der Waals surface area contributed by atoms with E-state index in [1.54, 1.807) is 0 Å². The zero-order valence-electron chi connectivity index (χ0n) is 8.11. The molecule has 84 valence electrons. The number of nitrogens with two attached hydrogens (primary N) is 1. The third-order valence-electron chi connectivity index (χ3n) is 2.21. The topological polar surface area (TPSA) is 26.0 Å². The van der Waals surface area contributed by atoms with Gasteiger partial charge in [0.25, 0.3) is 0 Å². The average Bonchev–Trinajstić information content (AvgIpc) is 2.15. The van der Waals surface area contributed by atoms with Crippen molar-refractivity contribution in [1.29, 1.82) is 0 Å². The summed E-state index contributed by atoms with van der Waals surface area (Å²) >= 11 is 5.75. The minimum absolute atomic E-state index is 0.0419. The van der Waals surface area contributed by atoms with Crippen LogP contribution in [0.15, 0.2) is 18.2 Å². The maximum atomic E-state index is 12.3. The monoisotopic (exact) mass is 237 g/mol. The molecule has 1 aromatic rings. The van der Waals surface area contributed by atoms with Crippen LogP contribution in [0.4, 0.5) is 13.2 Å². The van der Waals surface area contributed by atoms with Crippen molar-refractivity contribution in [2.45, 2.75) is 19.0 Å². The van der Waals surface area contributed by atoms with Crippen molar-refractivity contribution in [1.82, 2.24) is 0 Å². The summed E-state index contributed by atoms with van der Waals surface area (Å²) in [6.45, 7) is 2.17. The molecule has 0 amide bonds. The number of rotatable bonds is 2. The molecule has 1 rings (SSSR count). The largest absolute Gasteiger partial charge is 0.416 e. The predicted octanol–water partition coefficient (Wildman–Crippen LogP) is 3.42. The fourth-order valence-corrected chi connectivity index (χ4v) is 1.60. The number of hydrogen-bond acceptors (Lipinski definition) is 1. The van der Waals surface area contributed by atoms with Gasteiger partial charge in [0.2, 0.25) is 0 Å². The van der Waals surface area contributed by atoms with Crippen molar-refractivity contribution in [3.8, 4) is 0 Å². The number of hydrogen-bond donors (Lipinski definition) is 1. The first-order valence-corrected chi connectivity index (χ1v) is 4.80. The van der Waals surface area contributed by atoms with E-state index in [2.05, 4.69) is 0 Å². The lowest BCUT2D eigenvalue weighted by molar-refractivity contribution is -0.137. The first-order valence-electron chi connectivity index (χ1n) is 4.43. The standard InChI is InChI=1S/C10H11ClF3N/c1-6(5-15)8-3-2-7(4-9(8)11)10(12,13)14/h2-4,6H,5,15H2,1H3. The summed E-state index contributed by atoms with van der Waals surface area (Å²) in [6, 6.07) is 3.33. The van der Waals surface area contributed by atoms with Crippen LogP contribution in [0.5, 0.6) is 0 Å². The van der Waals surface area contributed by atoms with Gasteiger partial charge >= 0.3 is 6.18 Å². The second-order valence-corrected chi connectivity index (χ2v) is 3.78. The van der Waals surface area contributed by atoms with E-state index in [0.29, 0.717) is 12.1 Å². The first-order chi connectivity index (χ1) is 6.86. The van der Waals surface area contributed by atoms with Crippen molar-refractivity contribution in [3.63, 3.8) is 0 Å². The molecule has 0 aliphatic rings. The van der Waals surface area contributed by atoms with Gasteiger partial charge in [-0.15, -0.1) is 0 Å². The van der Waals surface area contributed by atoms with Gasteiger partial charge in [0.05, 0.1) is 5.56 Å². The van der Waals surface area contributed by atoms with E-state index in [9.17, 15) is 13.2 Å². The van der Waals surface area contributed by atoms with E-state index >= 15 is 0 Å². The maximum absolute atomic E-state index is 12.3. The summed E-state index contributed by atoms with van der Waals surface area (Å²) in [5, 5.41) is 0.114. The van der Waals surface area contributed by atoms with Crippen molar-refractivity contribution < 1.29 is 13.2 Å². The van der Waals surface area contributed by atoms with Gasteiger partial charge in [-0.05, 0) is 30.2 Å². The molecule has 5 heteroatoms. The van der Waals surface area contributed by atoms with Crippen LogP contribution in [0.2, 0.25) is 5.02 Å². The highest BCUT2D eigenvalue weighted by Crippen LogP contribution is 2.33. The van der Waals surface area contributed by atoms with Crippen LogP contribution in [-0.4, -0.2) is 6.54 Å². The van der Waals surface area contributed by atoms with Crippen LogP contribution in [-0.2, 0) is 6.18 Å². The minimum atomic E-state index is -4.35. The number of benzene rings is 1. The van der Waals surface area contributed by atoms with Crippen molar-refractivity contribution in [2.24, 2.45) is 5.73 Å². The second kappa shape index (κ2) is 4.41. The van der Waals surface area contributed by atoms with E-state index in [1.165, 1.54) is 6.07 Å². The van der Waals surface area contributed by atoms with Crippen LogP contribution in [0, 0.1) is 0 Å². The van der Waals surface area contributed by atoms with Gasteiger partial charge in [-0.25, -0.2) is 0 Å². The van der Waals surface area contributed by atoms with Gasteiger partial charge in [0.15, 0.2) is 0 Å². The molecule has 0 saturated heterocycles. The van der Waals surface area contributed by atoms with Gasteiger partial charge in [-0.1, -0.05) is 24.6 Å². The van der Waals surface area contributed by atoms with Gasteiger partial charge in [-0.3, -0.25) is 0 Å². The molecule has 0 heterocycles. The van der Waals surface area contributed by atoms with Crippen molar-refractivity contribution >= 4 is 11.6 Å². The summed E-state index contributed by atoms with van der Waals surface area (Å²) in [5.74, 6) is -0.0419. The van der Waals surface area contributed by atoms with Gasteiger partial charge in [0.1, 0.15) is 0 Å². The number of halogens is 4. The zero-order valence-corrected chi connectivity index (χ0v) is 8.86. The molecule has 0 aliphatic heterocycles. The van der Waals surface area contributed by atoms with E-state index in [0.717, 1.165) is 12.1 Å². The highest BCUT2D eigenvalue weighted by Gasteiger charge is 2.31. The smallest absolute Gasteiger partial charge is 0.330 e. The molecule has 1 unspecified atom stereocenters. The summed E-state index contributed by atoms with van der Waals surface area (Å²) in [6.07, 6.45) is -4.35. The fourth-order valence-electron chi connectivity index (χ4n) is 1.23. The predicted molar refractivity (Wildman–Crippen MR) is 53.9 cm³/mol. The lowest BCUT2D eigenvalue weighted by Gasteiger charge is -2.13. The van der Waals surface area contributed by atoms with Crippen LogP contribution >= 0.6 is 11.6 Å². The van der Waals surface area contributed by atoms with Crippen molar-refractivity contribution in [2.75, 3.05) is 6.54 Å². The Morgan fingerprint density at radius 2 is 2.00 bits per heavy atom. The SMILES string of the molecule is CC(CN)c1ccc(C(F)(F)F)cc1Cl. The Kier molecular flexibility index (Phi) is 3.62. The normalized spacial score (nSPS) is 14.0.